The van der Waals surface area contributed by atoms with Crippen LogP contribution < -0.4 is 0 Å². The highest BCUT2D eigenvalue weighted by Crippen LogP contribution is 2.15. The summed E-state index contributed by atoms with van der Waals surface area (Å²) in [4.78, 5) is 37.7. The molecule has 0 aliphatic rings. The predicted octanol–water partition coefficient (Wildman–Crippen LogP) is 15.4. The Morgan fingerprint density at radius 2 is 0.696 bits per heavy atom. The fourth-order valence-electron chi connectivity index (χ4n) is 6.81. The molecule has 0 rings (SSSR count). The molecule has 56 heavy (non-hydrogen) atoms. The maximum Gasteiger partial charge on any atom is 0.306 e. The maximum atomic E-state index is 12.7. The fraction of sp³-hybridized carbons (Fsp3) is 0.820. The Morgan fingerprint density at radius 1 is 0.375 bits per heavy atom. The molecule has 0 bridgehead atoms. The van der Waals surface area contributed by atoms with Crippen LogP contribution in [-0.4, -0.2) is 37.2 Å². The lowest BCUT2D eigenvalue weighted by Crippen LogP contribution is -2.30. The summed E-state index contributed by atoms with van der Waals surface area (Å²) in [6, 6.07) is 0. The van der Waals surface area contributed by atoms with Crippen LogP contribution in [0.4, 0.5) is 0 Å². The molecule has 1 unspecified atom stereocenters. The monoisotopic (exact) mass is 787 g/mol. The largest absolute Gasteiger partial charge is 0.462 e. The Balaban J connectivity index is 4.30. The van der Waals surface area contributed by atoms with Crippen molar-refractivity contribution in [2.45, 2.75) is 252 Å². The third-order valence-corrected chi connectivity index (χ3v) is 10.4. The molecule has 0 aliphatic carbocycles. The van der Waals surface area contributed by atoms with E-state index >= 15 is 0 Å². The van der Waals surface area contributed by atoms with Gasteiger partial charge in [-0.3, -0.25) is 14.4 Å². The van der Waals surface area contributed by atoms with Gasteiger partial charge in [0.05, 0.1) is 0 Å². The lowest BCUT2D eigenvalue weighted by Gasteiger charge is -2.18. The maximum absolute atomic E-state index is 12.7. The molecule has 0 spiro atoms. The fourth-order valence-corrected chi connectivity index (χ4v) is 6.81. The minimum atomic E-state index is -0.780. The number of ether oxygens (including phenoxy) is 3. The number of rotatable bonds is 43. The first-order valence-corrected chi connectivity index (χ1v) is 24.0. The van der Waals surface area contributed by atoms with Crippen LogP contribution in [0.5, 0.6) is 0 Å². The van der Waals surface area contributed by atoms with Crippen molar-refractivity contribution in [2.24, 2.45) is 0 Å². The molecule has 6 heteroatoms. The molecule has 0 amide bonds. The van der Waals surface area contributed by atoms with E-state index < -0.39 is 6.10 Å². The molecular formula is C50H90O6. The third kappa shape index (κ3) is 42.8. The van der Waals surface area contributed by atoms with Gasteiger partial charge in [-0.25, -0.2) is 0 Å². The van der Waals surface area contributed by atoms with Gasteiger partial charge in [0, 0.05) is 19.3 Å². The Labute approximate surface area is 346 Å². The molecule has 0 aromatic carbocycles. The summed E-state index contributed by atoms with van der Waals surface area (Å²) in [5.41, 5.74) is 0. The van der Waals surface area contributed by atoms with Crippen LogP contribution in [0.25, 0.3) is 0 Å². The summed E-state index contributed by atoms with van der Waals surface area (Å²) in [5, 5.41) is 0. The van der Waals surface area contributed by atoms with Gasteiger partial charge in [-0.1, -0.05) is 211 Å². The van der Waals surface area contributed by atoms with Crippen LogP contribution in [0.3, 0.4) is 0 Å². The van der Waals surface area contributed by atoms with Gasteiger partial charge in [0.2, 0.25) is 0 Å². The van der Waals surface area contributed by atoms with Gasteiger partial charge in [0.1, 0.15) is 13.2 Å². The molecule has 0 aromatic rings. The Bertz CT molecular complexity index is 953. The highest BCUT2D eigenvalue weighted by molar-refractivity contribution is 5.71. The second kappa shape index (κ2) is 45.3. The molecular weight excluding hydrogens is 697 g/mol. The quantitative estimate of drug-likeness (QED) is 0.0265. The average molecular weight is 787 g/mol. The van der Waals surface area contributed by atoms with Gasteiger partial charge in [0.15, 0.2) is 6.10 Å². The Morgan fingerprint density at radius 3 is 1.09 bits per heavy atom. The molecule has 0 saturated carbocycles. The van der Waals surface area contributed by atoms with Gasteiger partial charge >= 0.3 is 17.9 Å². The van der Waals surface area contributed by atoms with Crippen molar-refractivity contribution in [1.82, 2.24) is 0 Å². The standard InChI is InChI=1S/C50H90O6/c1-4-7-10-13-16-19-21-23-24-25-26-28-29-31-34-37-40-43-49(52)55-46-47(45-54-48(51)42-39-36-33-18-15-12-9-6-3)56-50(53)44-41-38-35-32-30-27-22-20-17-14-11-8-5-2/h8,11,17,20,27,30,47H,4-7,9-10,12-16,18-19,21-26,28-29,31-46H2,1-3H3/b11-8-,20-17-,30-27-. The number of carbonyl (C=O) groups is 3. The van der Waals surface area contributed by atoms with Gasteiger partial charge in [-0.2, -0.15) is 0 Å². The minimum Gasteiger partial charge on any atom is -0.462 e. The van der Waals surface area contributed by atoms with Crippen molar-refractivity contribution in [3.05, 3.63) is 36.5 Å². The van der Waals surface area contributed by atoms with Crippen molar-refractivity contribution < 1.29 is 28.6 Å². The first kappa shape index (κ1) is 53.6. The van der Waals surface area contributed by atoms with E-state index in [-0.39, 0.29) is 31.1 Å². The second-order valence-corrected chi connectivity index (χ2v) is 16.0. The van der Waals surface area contributed by atoms with Crippen LogP contribution in [0.1, 0.15) is 245 Å². The van der Waals surface area contributed by atoms with E-state index in [9.17, 15) is 14.4 Å². The van der Waals surface area contributed by atoms with Crippen molar-refractivity contribution in [1.29, 1.82) is 0 Å². The van der Waals surface area contributed by atoms with Crippen LogP contribution in [0.15, 0.2) is 36.5 Å². The van der Waals surface area contributed by atoms with Crippen LogP contribution in [-0.2, 0) is 28.6 Å². The van der Waals surface area contributed by atoms with Crippen LogP contribution in [0.2, 0.25) is 0 Å². The molecule has 0 aromatic heterocycles. The molecule has 0 heterocycles. The zero-order chi connectivity index (χ0) is 40.8. The number of allylic oxidation sites excluding steroid dienone is 6. The van der Waals surface area contributed by atoms with Gasteiger partial charge < -0.3 is 14.2 Å². The third-order valence-electron chi connectivity index (χ3n) is 10.4. The van der Waals surface area contributed by atoms with E-state index in [2.05, 4.69) is 57.2 Å². The molecule has 0 radical (unpaired) electrons. The number of hydrogen-bond acceptors (Lipinski definition) is 6. The van der Waals surface area contributed by atoms with Crippen molar-refractivity contribution in [3.8, 4) is 0 Å². The minimum absolute atomic E-state index is 0.0807. The molecule has 1 atom stereocenters. The Kier molecular flexibility index (Phi) is 43.4. The summed E-state index contributed by atoms with van der Waals surface area (Å²) in [6.07, 6.45) is 51.4. The smallest absolute Gasteiger partial charge is 0.306 e. The number of unbranched alkanes of at least 4 members (excludes halogenated alkanes) is 26. The number of hydrogen-bond donors (Lipinski definition) is 0. The van der Waals surface area contributed by atoms with Gasteiger partial charge in [0.25, 0.3) is 0 Å². The van der Waals surface area contributed by atoms with E-state index in [0.29, 0.717) is 19.3 Å². The van der Waals surface area contributed by atoms with E-state index in [1.165, 1.54) is 122 Å². The topological polar surface area (TPSA) is 78.9 Å². The van der Waals surface area contributed by atoms with Crippen molar-refractivity contribution >= 4 is 17.9 Å². The first-order chi connectivity index (χ1) is 27.5. The van der Waals surface area contributed by atoms with Crippen molar-refractivity contribution in [3.63, 3.8) is 0 Å². The normalized spacial score (nSPS) is 12.3. The lowest BCUT2D eigenvalue weighted by atomic mass is 10.0. The molecule has 0 N–H and O–H groups in total. The van der Waals surface area contributed by atoms with Crippen LogP contribution in [0, 0.1) is 0 Å². The Hall–Kier alpha value is -2.37. The molecule has 0 aliphatic heterocycles. The zero-order valence-corrected chi connectivity index (χ0v) is 37.2. The van der Waals surface area contributed by atoms with E-state index in [1.54, 1.807) is 0 Å². The lowest BCUT2D eigenvalue weighted by molar-refractivity contribution is -0.167. The second-order valence-electron chi connectivity index (χ2n) is 16.0. The summed E-state index contributed by atoms with van der Waals surface area (Å²) in [5.74, 6) is -0.908. The summed E-state index contributed by atoms with van der Waals surface area (Å²) < 4.78 is 16.7. The molecule has 0 saturated heterocycles. The predicted molar refractivity (Wildman–Crippen MR) is 238 cm³/mol. The van der Waals surface area contributed by atoms with Crippen molar-refractivity contribution in [2.75, 3.05) is 13.2 Å². The molecule has 6 nitrogen and oxygen atoms in total. The SMILES string of the molecule is CC/C=C\C/C=C\C/C=C\CCCCCC(=O)OC(COC(=O)CCCCCCCCCC)COC(=O)CCCCCCCCCCCCCCCCCCC. The molecule has 326 valence electrons. The summed E-state index contributed by atoms with van der Waals surface area (Å²) in [7, 11) is 0. The summed E-state index contributed by atoms with van der Waals surface area (Å²) in [6.45, 7) is 6.48. The average Bonchev–Trinajstić information content (AvgIpc) is 3.19. The van der Waals surface area contributed by atoms with E-state index in [1.807, 2.05) is 0 Å². The highest BCUT2D eigenvalue weighted by atomic mass is 16.6. The van der Waals surface area contributed by atoms with Gasteiger partial charge in [-0.15, -0.1) is 0 Å². The van der Waals surface area contributed by atoms with Gasteiger partial charge in [-0.05, 0) is 51.4 Å². The van der Waals surface area contributed by atoms with E-state index in [4.69, 9.17) is 14.2 Å². The van der Waals surface area contributed by atoms with E-state index in [0.717, 1.165) is 83.5 Å². The zero-order valence-electron chi connectivity index (χ0n) is 37.2. The highest BCUT2D eigenvalue weighted by Gasteiger charge is 2.19. The number of esters is 3. The summed E-state index contributed by atoms with van der Waals surface area (Å²) >= 11 is 0. The number of carbonyl (C=O) groups excluding carboxylic acids is 3. The van der Waals surface area contributed by atoms with Crippen LogP contribution >= 0.6 is 0 Å². The first-order valence-electron chi connectivity index (χ1n) is 24.0. The molecule has 0 fully saturated rings.